The van der Waals surface area contributed by atoms with Gasteiger partial charge in [0.2, 0.25) is 0 Å². The number of hydrogen-bond acceptors (Lipinski definition) is 3. The number of rotatable bonds is 1. The molecule has 0 aromatic rings. The van der Waals surface area contributed by atoms with Crippen LogP contribution in [0.3, 0.4) is 0 Å². The van der Waals surface area contributed by atoms with Gasteiger partial charge in [0, 0.05) is 6.20 Å². The number of aliphatic hydroxyl groups is 1. The van der Waals surface area contributed by atoms with E-state index in [0.29, 0.717) is 6.54 Å². The predicted molar refractivity (Wildman–Crippen MR) is 35.2 cm³/mol. The molecule has 0 amide bonds. The number of aliphatic hydroxyl groups excluding tert-OH is 1. The van der Waals surface area contributed by atoms with E-state index in [1.807, 2.05) is 6.08 Å². The first-order valence-electron chi connectivity index (χ1n) is 2.82. The molecule has 0 saturated heterocycles. The lowest BCUT2D eigenvalue weighted by atomic mass is 10.2. The largest absolute Gasteiger partial charge is 0.392 e. The van der Waals surface area contributed by atoms with Gasteiger partial charge in [-0.15, -0.1) is 0 Å². The van der Waals surface area contributed by atoms with Crippen molar-refractivity contribution in [3.63, 3.8) is 0 Å². The number of nitrogens with zero attached hydrogens (tertiary/aromatic N) is 1. The fraction of sp³-hybridized carbons (Fsp3) is 0.333. The van der Waals surface area contributed by atoms with Gasteiger partial charge in [0.05, 0.1) is 13.2 Å². The van der Waals surface area contributed by atoms with E-state index in [-0.39, 0.29) is 6.61 Å². The molecule has 3 heteroatoms. The highest BCUT2D eigenvalue weighted by atomic mass is 16.3. The maximum Gasteiger partial charge on any atom is 0.0679 e. The first-order valence-corrected chi connectivity index (χ1v) is 2.82. The van der Waals surface area contributed by atoms with Gasteiger partial charge < -0.3 is 10.1 Å². The SMILES string of the molecule is NN1C=CC(CO)=CC1. The van der Waals surface area contributed by atoms with Crippen molar-refractivity contribution in [1.29, 1.82) is 0 Å². The Labute approximate surface area is 54.0 Å². The highest BCUT2D eigenvalue weighted by Crippen LogP contribution is 2.01. The van der Waals surface area contributed by atoms with Gasteiger partial charge in [-0.25, -0.2) is 5.84 Å². The smallest absolute Gasteiger partial charge is 0.0679 e. The van der Waals surface area contributed by atoms with E-state index in [4.69, 9.17) is 10.9 Å². The number of hydrazine groups is 1. The van der Waals surface area contributed by atoms with E-state index in [1.165, 1.54) is 0 Å². The minimum absolute atomic E-state index is 0.102. The van der Waals surface area contributed by atoms with Crippen molar-refractivity contribution in [2.24, 2.45) is 5.84 Å². The third-order valence-electron chi connectivity index (χ3n) is 1.23. The van der Waals surface area contributed by atoms with Crippen LogP contribution < -0.4 is 5.84 Å². The molecule has 0 radical (unpaired) electrons. The third kappa shape index (κ3) is 1.55. The van der Waals surface area contributed by atoms with Crippen molar-refractivity contribution in [1.82, 2.24) is 5.01 Å². The topological polar surface area (TPSA) is 49.5 Å². The molecule has 0 aromatic heterocycles. The number of hydrogen-bond donors (Lipinski definition) is 2. The van der Waals surface area contributed by atoms with Crippen molar-refractivity contribution in [3.8, 4) is 0 Å². The van der Waals surface area contributed by atoms with Crippen LogP contribution in [0.15, 0.2) is 23.9 Å². The summed E-state index contributed by atoms with van der Waals surface area (Å²) in [5, 5.41) is 10.2. The molecule has 1 rings (SSSR count). The molecule has 0 spiro atoms. The van der Waals surface area contributed by atoms with Crippen molar-refractivity contribution in [2.45, 2.75) is 0 Å². The monoisotopic (exact) mass is 126 g/mol. The van der Waals surface area contributed by atoms with Gasteiger partial charge in [-0.05, 0) is 11.6 Å². The van der Waals surface area contributed by atoms with Crippen LogP contribution in [0.2, 0.25) is 0 Å². The lowest BCUT2D eigenvalue weighted by Crippen LogP contribution is -2.27. The van der Waals surface area contributed by atoms with E-state index >= 15 is 0 Å². The van der Waals surface area contributed by atoms with Gasteiger partial charge in [-0.3, -0.25) is 0 Å². The van der Waals surface area contributed by atoms with Gasteiger partial charge in [0.25, 0.3) is 0 Å². The molecule has 0 aromatic carbocycles. The van der Waals surface area contributed by atoms with E-state index in [2.05, 4.69) is 0 Å². The molecule has 50 valence electrons. The molecule has 3 nitrogen and oxygen atoms in total. The molecular weight excluding hydrogens is 116 g/mol. The predicted octanol–water partition coefficient (Wildman–Crippen LogP) is -0.392. The van der Waals surface area contributed by atoms with Gasteiger partial charge in [0.1, 0.15) is 0 Å². The summed E-state index contributed by atoms with van der Waals surface area (Å²) < 4.78 is 0. The summed E-state index contributed by atoms with van der Waals surface area (Å²) in [6, 6.07) is 0. The Hall–Kier alpha value is -0.800. The summed E-state index contributed by atoms with van der Waals surface area (Å²) in [6.45, 7) is 0.788. The first-order chi connectivity index (χ1) is 4.33. The highest BCUT2D eigenvalue weighted by molar-refractivity contribution is 5.22. The van der Waals surface area contributed by atoms with E-state index < -0.39 is 0 Å². The van der Waals surface area contributed by atoms with Crippen LogP contribution in [-0.4, -0.2) is 23.3 Å². The van der Waals surface area contributed by atoms with E-state index in [9.17, 15) is 0 Å². The van der Waals surface area contributed by atoms with Gasteiger partial charge in [-0.1, -0.05) is 6.08 Å². The zero-order valence-electron chi connectivity index (χ0n) is 5.12. The molecule has 1 heterocycles. The third-order valence-corrected chi connectivity index (χ3v) is 1.23. The summed E-state index contributed by atoms with van der Waals surface area (Å²) >= 11 is 0. The molecule has 0 atom stereocenters. The van der Waals surface area contributed by atoms with Crippen LogP contribution >= 0.6 is 0 Å². The molecule has 1 aliphatic rings. The van der Waals surface area contributed by atoms with E-state index in [0.717, 1.165) is 5.57 Å². The van der Waals surface area contributed by atoms with Crippen molar-refractivity contribution in [3.05, 3.63) is 23.9 Å². The second-order valence-corrected chi connectivity index (χ2v) is 1.95. The van der Waals surface area contributed by atoms with Crippen LogP contribution in [0, 0.1) is 0 Å². The van der Waals surface area contributed by atoms with Crippen LogP contribution in [-0.2, 0) is 0 Å². The van der Waals surface area contributed by atoms with Crippen molar-refractivity contribution >= 4 is 0 Å². The van der Waals surface area contributed by atoms with Crippen LogP contribution in [0.25, 0.3) is 0 Å². The zero-order valence-corrected chi connectivity index (χ0v) is 5.12. The van der Waals surface area contributed by atoms with Gasteiger partial charge >= 0.3 is 0 Å². The Morgan fingerprint density at radius 2 is 2.56 bits per heavy atom. The van der Waals surface area contributed by atoms with E-state index in [1.54, 1.807) is 17.3 Å². The molecule has 0 fully saturated rings. The summed E-state index contributed by atoms with van der Waals surface area (Å²) in [5.41, 5.74) is 0.928. The first kappa shape index (κ1) is 6.32. The Morgan fingerprint density at radius 1 is 1.78 bits per heavy atom. The van der Waals surface area contributed by atoms with Crippen LogP contribution in [0.5, 0.6) is 0 Å². The molecule has 0 unspecified atom stereocenters. The molecular formula is C6H10N2O. The number of nitrogens with two attached hydrogens (primary N) is 1. The molecule has 0 bridgehead atoms. The normalized spacial score (nSPS) is 18.0. The van der Waals surface area contributed by atoms with Crippen LogP contribution in [0.1, 0.15) is 0 Å². The molecule has 9 heavy (non-hydrogen) atoms. The van der Waals surface area contributed by atoms with Crippen LogP contribution in [0.4, 0.5) is 0 Å². The van der Waals surface area contributed by atoms with Crippen molar-refractivity contribution < 1.29 is 5.11 Å². The summed E-state index contributed by atoms with van der Waals surface area (Å²) in [6.07, 6.45) is 5.43. The molecule has 0 saturated carbocycles. The van der Waals surface area contributed by atoms with Gasteiger partial charge in [0.15, 0.2) is 0 Å². The lowest BCUT2D eigenvalue weighted by Gasteiger charge is -2.15. The minimum Gasteiger partial charge on any atom is -0.392 e. The fourth-order valence-corrected chi connectivity index (χ4v) is 0.660. The maximum atomic E-state index is 8.60. The Bertz CT molecular complexity index is 151. The molecule has 0 aliphatic carbocycles. The molecule has 1 aliphatic heterocycles. The Morgan fingerprint density at radius 3 is 3.00 bits per heavy atom. The summed E-state index contributed by atoms with van der Waals surface area (Å²) in [7, 11) is 0. The maximum absolute atomic E-state index is 8.60. The average molecular weight is 126 g/mol. The lowest BCUT2D eigenvalue weighted by molar-refractivity contribution is 0.330. The second kappa shape index (κ2) is 2.66. The summed E-state index contributed by atoms with van der Waals surface area (Å²) in [4.78, 5) is 0. The van der Waals surface area contributed by atoms with Crippen molar-refractivity contribution in [2.75, 3.05) is 13.2 Å². The second-order valence-electron chi connectivity index (χ2n) is 1.95. The average Bonchev–Trinajstić information content (AvgIpc) is 1.90. The Kier molecular flexibility index (Phi) is 1.87. The highest BCUT2D eigenvalue weighted by Gasteiger charge is 1.97. The summed E-state index contributed by atoms with van der Waals surface area (Å²) in [5.74, 6) is 5.37. The quantitative estimate of drug-likeness (QED) is 0.470. The molecule has 3 N–H and O–H groups in total. The van der Waals surface area contributed by atoms with Gasteiger partial charge in [-0.2, -0.15) is 0 Å². The fourth-order valence-electron chi connectivity index (χ4n) is 0.660. The zero-order chi connectivity index (χ0) is 6.69. The standard InChI is InChI=1S/C6H10N2O/c7-8-3-1-6(5-9)2-4-8/h1-3,9H,4-5,7H2. The minimum atomic E-state index is 0.102. The Balaban J connectivity index is 2.52.